The van der Waals surface area contributed by atoms with E-state index in [9.17, 15) is 0 Å². The molecule has 1 saturated carbocycles. The first-order valence-electron chi connectivity index (χ1n) is 5.94. The quantitative estimate of drug-likeness (QED) is 0.662. The zero-order valence-corrected chi connectivity index (χ0v) is 9.58. The number of aryl methyl sites for hydroxylation is 1. The number of rotatable bonds is 1. The lowest BCUT2D eigenvalue weighted by atomic mass is 9.88. The molecule has 1 nitrogen and oxygen atoms in total. The van der Waals surface area contributed by atoms with Gasteiger partial charge in [0.05, 0.1) is 0 Å². The lowest BCUT2D eigenvalue weighted by Crippen LogP contribution is -2.16. The largest absolute Gasteiger partial charge is 0.261 e. The van der Waals surface area contributed by atoms with Crippen molar-refractivity contribution >= 4 is 11.6 Å². The van der Waals surface area contributed by atoms with Crippen LogP contribution in [0.5, 0.6) is 0 Å². The molecule has 0 N–H and O–H groups in total. The van der Waals surface area contributed by atoms with Gasteiger partial charge in [0.15, 0.2) is 0 Å². The standard InChI is InChI=1S/C13H16ClN/c14-12-5-1-4-10(12)11-7-6-9-3-2-8-15-13(9)11/h2-3,8,10-12H,1,4-7H2. The minimum atomic E-state index is 0.392. The van der Waals surface area contributed by atoms with Crippen molar-refractivity contribution in [3.8, 4) is 0 Å². The number of fused-ring (bicyclic) bond motifs is 1. The molecule has 0 bridgehead atoms. The van der Waals surface area contributed by atoms with E-state index < -0.39 is 0 Å². The van der Waals surface area contributed by atoms with E-state index >= 15 is 0 Å². The summed E-state index contributed by atoms with van der Waals surface area (Å²) in [6.45, 7) is 0. The summed E-state index contributed by atoms with van der Waals surface area (Å²) in [6, 6.07) is 4.27. The minimum absolute atomic E-state index is 0.392. The third kappa shape index (κ3) is 1.57. The molecule has 0 spiro atoms. The van der Waals surface area contributed by atoms with E-state index in [2.05, 4.69) is 11.1 Å². The Morgan fingerprint density at radius 2 is 2.20 bits per heavy atom. The maximum atomic E-state index is 6.40. The highest BCUT2D eigenvalue weighted by Crippen LogP contribution is 2.45. The third-order valence-electron chi connectivity index (χ3n) is 4.00. The summed E-state index contributed by atoms with van der Waals surface area (Å²) in [5.41, 5.74) is 2.80. The molecule has 80 valence electrons. The highest BCUT2D eigenvalue weighted by molar-refractivity contribution is 6.21. The molecule has 3 unspecified atom stereocenters. The summed E-state index contributed by atoms with van der Waals surface area (Å²) in [5, 5.41) is 0.392. The number of nitrogens with zero attached hydrogens (tertiary/aromatic N) is 1. The molecule has 1 aromatic heterocycles. The predicted molar refractivity (Wildman–Crippen MR) is 62.3 cm³/mol. The van der Waals surface area contributed by atoms with Crippen LogP contribution in [-0.2, 0) is 6.42 Å². The Balaban J connectivity index is 1.90. The topological polar surface area (TPSA) is 12.9 Å². The normalized spacial score (nSPS) is 34.3. The Morgan fingerprint density at radius 3 is 3.00 bits per heavy atom. The Kier molecular flexibility index (Phi) is 2.44. The lowest BCUT2D eigenvalue weighted by molar-refractivity contribution is 0.430. The first-order valence-corrected chi connectivity index (χ1v) is 6.38. The second kappa shape index (κ2) is 3.79. The second-order valence-electron chi connectivity index (χ2n) is 4.80. The summed E-state index contributed by atoms with van der Waals surface area (Å²) in [6.07, 6.45) is 8.20. The average Bonchev–Trinajstić information content (AvgIpc) is 2.83. The molecule has 2 aliphatic carbocycles. The van der Waals surface area contributed by atoms with E-state index in [4.69, 9.17) is 11.6 Å². The highest BCUT2D eigenvalue weighted by Gasteiger charge is 2.37. The average molecular weight is 222 g/mol. The summed E-state index contributed by atoms with van der Waals surface area (Å²) < 4.78 is 0. The molecule has 15 heavy (non-hydrogen) atoms. The highest BCUT2D eigenvalue weighted by atomic mass is 35.5. The second-order valence-corrected chi connectivity index (χ2v) is 5.36. The number of hydrogen-bond donors (Lipinski definition) is 0. The van der Waals surface area contributed by atoms with E-state index in [1.54, 1.807) is 0 Å². The van der Waals surface area contributed by atoms with Gasteiger partial charge in [0.2, 0.25) is 0 Å². The summed E-state index contributed by atoms with van der Waals surface area (Å²) >= 11 is 6.40. The molecule has 1 aromatic rings. The molecular formula is C13H16ClN. The van der Waals surface area contributed by atoms with Gasteiger partial charge in [-0.3, -0.25) is 4.98 Å². The minimum Gasteiger partial charge on any atom is -0.261 e. The van der Waals surface area contributed by atoms with Gasteiger partial charge < -0.3 is 0 Å². The molecule has 0 aromatic carbocycles. The van der Waals surface area contributed by atoms with Gasteiger partial charge >= 0.3 is 0 Å². The summed E-state index contributed by atoms with van der Waals surface area (Å²) in [5.74, 6) is 1.33. The van der Waals surface area contributed by atoms with Gasteiger partial charge in [-0.2, -0.15) is 0 Å². The van der Waals surface area contributed by atoms with Crippen molar-refractivity contribution in [2.45, 2.75) is 43.4 Å². The first-order chi connectivity index (χ1) is 7.36. The molecule has 0 amide bonds. The van der Waals surface area contributed by atoms with Crippen LogP contribution in [0.4, 0.5) is 0 Å². The number of hydrogen-bond acceptors (Lipinski definition) is 1. The first kappa shape index (κ1) is 9.65. The van der Waals surface area contributed by atoms with Crippen molar-refractivity contribution in [2.24, 2.45) is 5.92 Å². The van der Waals surface area contributed by atoms with Gasteiger partial charge in [-0.25, -0.2) is 0 Å². The van der Waals surface area contributed by atoms with Gasteiger partial charge in [0.1, 0.15) is 0 Å². The van der Waals surface area contributed by atoms with Gasteiger partial charge in [0, 0.05) is 23.2 Å². The van der Waals surface area contributed by atoms with E-state index in [0.717, 1.165) is 0 Å². The SMILES string of the molecule is ClC1CCCC1C1CCc2cccnc21. The van der Waals surface area contributed by atoms with Crippen LogP contribution >= 0.6 is 11.6 Å². The van der Waals surface area contributed by atoms with Gasteiger partial charge in [0.25, 0.3) is 0 Å². The predicted octanol–water partition coefficient (Wildman–Crippen LogP) is 3.52. The molecule has 1 fully saturated rings. The molecule has 0 radical (unpaired) electrons. The van der Waals surface area contributed by atoms with Crippen LogP contribution < -0.4 is 0 Å². The van der Waals surface area contributed by atoms with Crippen molar-refractivity contribution in [3.05, 3.63) is 29.6 Å². The van der Waals surface area contributed by atoms with Crippen molar-refractivity contribution in [1.82, 2.24) is 4.98 Å². The maximum absolute atomic E-state index is 6.40. The lowest BCUT2D eigenvalue weighted by Gasteiger charge is -2.21. The van der Waals surface area contributed by atoms with Crippen molar-refractivity contribution in [1.29, 1.82) is 0 Å². The van der Waals surface area contributed by atoms with E-state index in [0.29, 0.717) is 17.2 Å². The van der Waals surface area contributed by atoms with Crippen LogP contribution in [0.1, 0.15) is 42.9 Å². The Labute approximate surface area is 95.9 Å². The number of alkyl halides is 1. The fraction of sp³-hybridized carbons (Fsp3) is 0.615. The molecule has 2 aliphatic rings. The smallest absolute Gasteiger partial charge is 0.0469 e. The zero-order chi connectivity index (χ0) is 10.3. The van der Waals surface area contributed by atoms with Crippen LogP contribution in [0.3, 0.4) is 0 Å². The van der Waals surface area contributed by atoms with Crippen LogP contribution in [0.25, 0.3) is 0 Å². The molecule has 0 aliphatic heterocycles. The maximum Gasteiger partial charge on any atom is 0.0469 e. The Bertz CT molecular complexity index is 363. The molecular weight excluding hydrogens is 206 g/mol. The van der Waals surface area contributed by atoms with E-state index in [1.165, 1.54) is 43.4 Å². The van der Waals surface area contributed by atoms with Gasteiger partial charge in [-0.15, -0.1) is 11.6 Å². The molecule has 0 saturated heterocycles. The Hall–Kier alpha value is -0.560. The zero-order valence-electron chi connectivity index (χ0n) is 8.82. The fourth-order valence-electron chi connectivity index (χ4n) is 3.26. The van der Waals surface area contributed by atoms with Crippen LogP contribution in [0.15, 0.2) is 18.3 Å². The molecule has 3 rings (SSSR count). The fourth-order valence-corrected chi connectivity index (χ4v) is 3.71. The third-order valence-corrected chi connectivity index (χ3v) is 4.54. The number of aromatic nitrogens is 1. The molecule has 1 heterocycles. The van der Waals surface area contributed by atoms with Crippen LogP contribution in [0.2, 0.25) is 0 Å². The number of pyridine rings is 1. The van der Waals surface area contributed by atoms with Gasteiger partial charge in [-0.05, 0) is 43.2 Å². The summed E-state index contributed by atoms with van der Waals surface area (Å²) in [7, 11) is 0. The Morgan fingerprint density at radius 1 is 1.27 bits per heavy atom. The monoisotopic (exact) mass is 221 g/mol. The molecule has 2 heteroatoms. The van der Waals surface area contributed by atoms with Crippen molar-refractivity contribution in [2.75, 3.05) is 0 Å². The van der Waals surface area contributed by atoms with E-state index in [-0.39, 0.29) is 0 Å². The molecule has 3 atom stereocenters. The van der Waals surface area contributed by atoms with Gasteiger partial charge in [-0.1, -0.05) is 12.5 Å². The van der Waals surface area contributed by atoms with Crippen LogP contribution in [0, 0.1) is 5.92 Å². The van der Waals surface area contributed by atoms with Crippen molar-refractivity contribution < 1.29 is 0 Å². The van der Waals surface area contributed by atoms with Crippen LogP contribution in [-0.4, -0.2) is 10.4 Å². The van der Waals surface area contributed by atoms with Crippen molar-refractivity contribution in [3.63, 3.8) is 0 Å². The number of halogens is 1. The summed E-state index contributed by atoms with van der Waals surface area (Å²) in [4.78, 5) is 4.56. The van der Waals surface area contributed by atoms with E-state index in [1.807, 2.05) is 12.3 Å².